The molecule has 0 amide bonds. The van der Waals surface area contributed by atoms with E-state index >= 15 is 0 Å². The molecular formula is C9H9NO2S. The fraction of sp³-hybridized carbons (Fsp3) is 0.333. The molecule has 4 heteroatoms. The molecule has 1 aromatic rings. The van der Waals surface area contributed by atoms with E-state index in [-0.39, 0.29) is 12.3 Å². The van der Waals surface area contributed by atoms with Gasteiger partial charge in [-0.05, 0) is 6.07 Å². The Bertz CT molecular complexity index is 351. The fourth-order valence-electron chi connectivity index (χ4n) is 1.03. The van der Waals surface area contributed by atoms with E-state index in [1.807, 2.05) is 13.0 Å². The smallest absolute Gasteiger partial charge is 0.303 e. The summed E-state index contributed by atoms with van der Waals surface area (Å²) in [5.41, 5.74) is 0.609. The summed E-state index contributed by atoms with van der Waals surface area (Å²) in [6, 6.07) is 3.77. The average Bonchev–Trinajstić information content (AvgIpc) is 2.50. The van der Waals surface area contributed by atoms with E-state index in [1.165, 1.54) is 11.3 Å². The number of nitriles is 1. The van der Waals surface area contributed by atoms with Crippen molar-refractivity contribution in [3.8, 4) is 6.07 Å². The minimum absolute atomic E-state index is 0.00963. The third-order valence-electron chi connectivity index (χ3n) is 1.72. The van der Waals surface area contributed by atoms with Crippen molar-refractivity contribution < 1.29 is 9.90 Å². The van der Waals surface area contributed by atoms with Gasteiger partial charge >= 0.3 is 5.97 Å². The minimum Gasteiger partial charge on any atom is -0.481 e. The number of carboxylic acid groups (broad SMARTS) is 1. The molecule has 1 unspecified atom stereocenters. The van der Waals surface area contributed by atoms with Crippen LogP contribution in [0.3, 0.4) is 0 Å². The van der Waals surface area contributed by atoms with E-state index in [4.69, 9.17) is 10.4 Å². The lowest BCUT2D eigenvalue weighted by molar-refractivity contribution is -0.137. The highest BCUT2D eigenvalue weighted by Crippen LogP contribution is 2.25. The van der Waals surface area contributed by atoms with Gasteiger partial charge in [0.25, 0.3) is 0 Å². The molecule has 0 aliphatic heterocycles. The molecule has 0 saturated carbocycles. The summed E-state index contributed by atoms with van der Waals surface area (Å²) < 4.78 is 0. The van der Waals surface area contributed by atoms with Crippen molar-refractivity contribution in [2.24, 2.45) is 0 Å². The highest BCUT2D eigenvalue weighted by molar-refractivity contribution is 7.10. The van der Waals surface area contributed by atoms with Gasteiger partial charge in [-0.1, -0.05) is 6.92 Å². The number of carbonyl (C=O) groups is 1. The van der Waals surface area contributed by atoms with Crippen LogP contribution in [0, 0.1) is 11.3 Å². The van der Waals surface area contributed by atoms with Crippen molar-refractivity contribution in [3.05, 3.63) is 21.9 Å². The Hall–Kier alpha value is -1.34. The molecule has 1 atom stereocenters. The maximum Gasteiger partial charge on any atom is 0.303 e. The molecule has 0 aromatic carbocycles. The Morgan fingerprint density at radius 2 is 2.54 bits per heavy atom. The van der Waals surface area contributed by atoms with Crippen LogP contribution in [0.2, 0.25) is 0 Å². The number of carboxylic acids is 1. The first-order valence-corrected chi connectivity index (χ1v) is 4.71. The molecule has 0 saturated heterocycles. The van der Waals surface area contributed by atoms with Gasteiger partial charge < -0.3 is 5.11 Å². The molecule has 68 valence electrons. The van der Waals surface area contributed by atoms with Gasteiger partial charge in [-0.2, -0.15) is 5.26 Å². The quantitative estimate of drug-likeness (QED) is 0.804. The third kappa shape index (κ3) is 2.56. The van der Waals surface area contributed by atoms with E-state index < -0.39 is 5.97 Å². The number of nitrogens with zero attached hydrogens (tertiary/aromatic N) is 1. The predicted octanol–water partition coefficient (Wildman–Crippen LogP) is 2.20. The van der Waals surface area contributed by atoms with Crippen LogP contribution in [0.25, 0.3) is 0 Å². The molecule has 0 aliphatic rings. The summed E-state index contributed by atoms with van der Waals surface area (Å²) >= 11 is 1.44. The number of rotatable bonds is 3. The Morgan fingerprint density at radius 3 is 3.00 bits per heavy atom. The molecule has 1 heterocycles. The van der Waals surface area contributed by atoms with Gasteiger partial charge in [-0.15, -0.1) is 11.3 Å². The largest absolute Gasteiger partial charge is 0.481 e. The van der Waals surface area contributed by atoms with Crippen molar-refractivity contribution in [1.82, 2.24) is 0 Å². The monoisotopic (exact) mass is 195 g/mol. The van der Waals surface area contributed by atoms with E-state index in [0.717, 1.165) is 4.88 Å². The lowest BCUT2D eigenvalue weighted by atomic mass is 10.1. The lowest BCUT2D eigenvalue weighted by Gasteiger charge is -2.03. The summed E-state index contributed by atoms with van der Waals surface area (Å²) in [5, 5.41) is 18.8. The van der Waals surface area contributed by atoms with Gasteiger partial charge in [0.15, 0.2) is 0 Å². The summed E-state index contributed by atoms with van der Waals surface area (Å²) in [7, 11) is 0. The van der Waals surface area contributed by atoms with Gasteiger partial charge in [-0.25, -0.2) is 0 Å². The second-order valence-electron chi connectivity index (χ2n) is 2.85. The third-order valence-corrected chi connectivity index (χ3v) is 2.88. The standard InChI is InChI=1S/C9H9NO2S/c1-6(2-9(11)12)8-3-7(4-10)5-13-8/h3,5-6H,2H2,1H3,(H,11,12). The number of thiophene rings is 1. The van der Waals surface area contributed by atoms with Crippen molar-refractivity contribution >= 4 is 17.3 Å². The molecule has 1 aromatic heterocycles. The van der Waals surface area contributed by atoms with Crippen LogP contribution in [0.1, 0.15) is 29.7 Å². The zero-order valence-corrected chi connectivity index (χ0v) is 7.97. The van der Waals surface area contributed by atoms with E-state index in [1.54, 1.807) is 11.4 Å². The first kappa shape index (κ1) is 9.75. The maximum atomic E-state index is 10.4. The van der Waals surface area contributed by atoms with Gasteiger partial charge in [0.2, 0.25) is 0 Å². The molecule has 3 nitrogen and oxygen atoms in total. The Balaban J connectivity index is 2.72. The number of hydrogen-bond acceptors (Lipinski definition) is 3. The van der Waals surface area contributed by atoms with Gasteiger partial charge in [0.05, 0.1) is 12.0 Å². The van der Waals surface area contributed by atoms with Crippen LogP contribution < -0.4 is 0 Å². The van der Waals surface area contributed by atoms with Crippen LogP contribution in [-0.4, -0.2) is 11.1 Å². The molecule has 0 aliphatic carbocycles. The normalized spacial score (nSPS) is 12.0. The summed E-state index contributed by atoms with van der Waals surface area (Å²) in [4.78, 5) is 11.4. The Labute approximate surface area is 80.2 Å². The molecule has 0 spiro atoms. The minimum atomic E-state index is -0.806. The van der Waals surface area contributed by atoms with Crippen LogP contribution in [0.4, 0.5) is 0 Å². The van der Waals surface area contributed by atoms with Crippen molar-refractivity contribution in [2.45, 2.75) is 19.3 Å². The van der Waals surface area contributed by atoms with Crippen LogP contribution in [0.5, 0.6) is 0 Å². The molecule has 0 radical (unpaired) electrons. The average molecular weight is 195 g/mol. The number of aliphatic carboxylic acids is 1. The SMILES string of the molecule is CC(CC(=O)O)c1cc(C#N)cs1. The Kier molecular flexibility index (Phi) is 3.04. The van der Waals surface area contributed by atoms with E-state index in [2.05, 4.69) is 0 Å². The predicted molar refractivity (Wildman–Crippen MR) is 49.7 cm³/mol. The van der Waals surface area contributed by atoms with Gasteiger partial charge in [0, 0.05) is 16.2 Å². The van der Waals surface area contributed by atoms with Crippen LogP contribution in [0.15, 0.2) is 11.4 Å². The molecule has 0 bridgehead atoms. The molecule has 1 N–H and O–H groups in total. The maximum absolute atomic E-state index is 10.4. The lowest BCUT2D eigenvalue weighted by Crippen LogP contribution is -2.00. The van der Waals surface area contributed by atoms with E-state index in [9.17, 15) is 4.79 Å². The second kappa shape index (κ2) is 4.06. The first-order valence-electron chi connectivity index (χ1n) is 3.84. The van der Waals surface area contributed by atoms with Crippen molar-refractivity contribution in [3.63, 3.8) is 0 Å². The second-order valence-corrected chi connectivity index (χ2v) is 3.79. The van der Waals surface area contributed by atoms with Crippen molar-refractivity contribution in [1.29, 1.82) is 5.26 Å². The molecular weight excluding hydrogens is 186 g/mol. The zero-order valence-electron chi connectivity index (χ0n) is 7.15. The zero-order chi connectivity index (χ0) is 9.84. The molecule has 13 heavy (non-hydrogen) atoms. The highest BCUT2D eigenvalue weighted by Gasteiger charge is 2.12. The topological polar surface area (TPSA) is 61.1 Å². The number of hydrogen-bond donors (Lipinski definition) is 1. The highest BCUT2D eigenvalue weighted by atomic mass is 32.1. The summed E-state index contributed by atoms with van der Waals surface area (Å²) in [6.07, 6.45) is 0.116. The van der Waals surface area contributed by atoms with Crippen LogP contribution in [-0.2, 0) is 4.79 Å². The van der Waals surface area contributed by atoms with Crippen molar-refractivity contribution in [2.75, 3.05) is 0 Å². The summed E-state index contributed by atoms with van der Waals surface area (Å²) in [6.45, 7) is 1.85. The molecule has 0 fully saturated rings. The van der Waals surface area contributed by atoms with Gasteiger partial charge in [0.1, 0.15) is 6.07 Å². The first-order chi connectivity index (χ1) is 6.13. The molecule has 1 rings (SSSR count). The Morgan fingerprint density at radius 1 is 1.85 bits per heavy atom. The summed E-state index contributed by atoms with van der Waals surface area (Å²) in [5.74, 6) is -0.816. The van der Waals surface area contributed by atoms with E-state index in [0.29, 0.717) is 5.56 Å². The van der Waals surface area contributed by atoms with Crippen LogP contribution >= 0.6 is 11.3 Å². The fourth-order valence-corrected chi connectivity index (χ4v) is 1.93. The van der Waals surface area contributed by atoms with Gasteiger partial charge in [-0.3, -0.25) is 4.79 Å².